The molecule has 0 amide bonds. The lowest BCUT2D eigenvalue weighted by Gasteiger charge is -2.22. The van der Waals surface area contributed by atoms with Gasteiger partial charge in [0.2, 0.25) is 0 Å². The lowest BCUT2D eigenvalue weighted by atomic mass is 9.91. The highest BCUT2D eigenvalue weighted by Crippen LogP contribution is 2.23. The number of carbonyl (C=O) groups excluding carboxylic acids is 2. The zero-order valence-corrected chi connectivity index (χ0v) is 36.0. The van der Waals surface area contributed by atoms with Gasteiger partial charge >= 0.3 is 11.9 Å². The maximum Gasteiger partial charge on any atom is 0.306 e. The molecule has 0 N–H and O–H groups in total. The Kier molecular flexibility index (Phi) is 32.1. The standard InChI is InChI=1S/C46H87N3O4/c1-7-10-12-14-17-23-31-44(32-24-18-15-13-11-8-2)39-46(51)52-38-28-22-21-27-35-48(36-29-37-49-40-41(4)47-43(49)6)34-26-20-16-19-25-33-45(50)53-42(5)30-9-3/h40,42,44H,7-39H2,1-6H3. The fourth-order valence-corrected chi connectivity index (χ4v) is 7.62. The summed E-state index contributed by atoms with van der Waals surface area (Å²) in [5.74, 6) is 1.59. The van der Waals surface area contributed by atoms with Crippen LogP contribution in [0, 0.1) is 19.8 Å². The zero-order valence-electron chi connectivity index (χ0n) is 36.0. The summed E-state index contributed by atoms with van der Waals surface area (Å²) >= 11 is 0. The monoisotopic (exact) mass is 746 g/mol. The van der Waals surface area contributed by atoms with Gasteiger partial charge < -0.3 is 18.9 Å². The number of rotatable bonds is 38. The number of hydrogen-bond donors (Lipinski definition) is 0. The predicted molar refractivity (Wildman–Crippen MR) is 224 cm³/mol. The molecule has 0 aliphatic rings. The van der Waals surface area contributed by atoms with Crippen molar-refractivity contribution >= 4 is 11.9 Å². The van der Waals surface area contributed by atoms with Gasteiger partial charge in [-0.2, -0.15) is 0 Å². The molecule has 0 fully saturated rings. The minimum atomic E-state index is -0.0372. The molecule has 1 atom stereocenters. The summed E-state index contributed by atoms with van der Waals surface area (Å²) in [6.45, 7) is 17.8. The van der Waals surface area contributed by atoms with E-state index in [1.54, 1.807) is 0 Å². The summed E-state index contributed by atoms with van der Waals surface area (Å²) in [6, 6.07) is 0. The summed E-state index contributed by atoms with van der Waals surface area (Å²) in [4.78, 5) is 32.1. The molecule has 0 aliphatic heterocycles. The Bertz CT molecular complexity index is 979. The van der Waals surface area contributed by atoms with Crippen LogP contribution in [0.1, 0.15) is 219 Å². The first-order valence-electron chi connectivity index (χ1n) is 22.9. The largest absolute Gasteiger partial charge is 0.466 e. The van der Waals surface area contributed by atoms with Crippen LogP contribution >= 0.6 is 0 Å². The van der Waals surface area contributed by atoms with Crippen LogP contribution in [0.15, 0.2) is 6.20 Å². The van der Waals surface area contributed by atoms with E-state index in [1.165, 1.54) is 122 Å². The fraction of sp³-hybridized carbons (Fsp3) is 0.891. The molecule has 7 heteroatoms. The number of hydrogen-bond acceptors (Lipinski definition) is 6. The Morgan fingerprint density at radius 3 is 1.74 bits per heavy atom. The Labute approximate surface area is 328 Å². The predicted octanol–water partition coefficient (Wildman–Crippen LogP) is 12.9. The van der Waals surface area contributed by atoms with E-state index in [2.05, 4.69) is 55.3 Å². The van der Waals surface area contributed by atoms with Crippen LogP contribution in [0.5, 0.6) is 0 Å². The first-order valence-corrected chi connectivity index (χ1v) is 22.9. The summed E-state index contributed by atoms with van der Waals surface area (Å²) in [5, 5.41) is 0. The van der Waals surface area contributed by atoms with Crippen molar-refractivity contribution in [2.24, 2.45) is 5.92 Å². The van der Waals surface area contributed by atoms with Crippen LogP contribution in [0.25, 0.3) is 0 Å². The molecule has 0 saturated carbocycles. The van der Waals surface area contributed by atoms with E-state index in [4.69, 9.17) is 9.47 Å². The van der Waals surface area contributed by atoms with Crippen LogP contribution in [-0.2, 0) is 25.6 Å². The van der Waals surface area contributed by atoms with Gasteiger partial charge in [-0.25, -0.2) is 4.98 Å². The van der Waals surface area contributed by atoms with Crippen LogP contribution in [0.2, 0.25) is 0 Å². The fourth-order valence-electron chi connectivity index (χ4n) is 7.62. The molecular formula is C46H87N3O4. The highest BCUT2D eigenvalue weighted by Gasteiger charge is 2.15. The first kappa shape index (κ1) is 49.1. The van der Waals surface area contributed by atoms with Gasteiger partial charge in [-0.3, -0.25) is 9.59 Å². The lowest BCUT2D eigenvalue weighted by Crippen LogP contribution is -2.28. The van der Waals surface area contributed by atoms with Crippen molar-refractivity contribution in [2.45, 2.75) is 234 Å². The van der Waals surface area contributed by atoms with Gasteiger partial charge in [0.1, 0.15) is 5.82 Å². The van der Waals surface area contributed by atoms with E-state index in [0.717, 1.165) is 82.6 Å². The molecule has 1 unspecified atom stereocenters. The number of aromatic nitrogens is 2. The molecule has 0 radical (unpaired) electrons. The van der Waals surface area contributed by atoms with Gasteiger partial charge in [-0.1, -0.05) is 136 Å². The molecule has 1 heterocycles. The average molecular weight is 746 g/mol. The number of ether oxygens (including phenoxy) is 2. The normalized spacial score (nSPS) is 12.2. The van der Waals surface area contributed by atoms with E-state index < -0.39 is 0 Å². The molecule has 310 valence electrons. The SMILES string of the molecule is CCCCCCCCC(CCCCCCCC)CC(=O)OCCCCCCN(CCCCCCCC(=O)OC(C)CCC)CCCn1cc(C)nc1C. The molecule has 0 bridgehead atoms. The smallest absolute Gasteiger partial charge is 0.306 e. The minimum Gasteiger partial charge on any atom is -0.466 e. The zero-order chi connectivity index (χ0) is 38.8. The molecule has 1 rings (SSSR count). The second-order valence-electron chi connectivity index (χ2n) is 16.2. The molecular weight excluding hydrogens is 659 g/mol. The van der Waals surface area contributed by atoms with E-state index in [0.29, 0.717) is 25.4 Å². The average Bonchev–Trinajstić information content (AvgIpc) is 3.45. The summed E-state index contributed by atoms with van der Waals surface area (Å²) < 4.78 is 13.6. The van der Waals surface area contributed by atoms with Gasteiger partial charge in [0, 0.05) is 25.6 Å². The number of carbonyl (C=O) groups is 2. The third-order valence-corrected chi connectivity index (χ3v) is 10.9. The topological polar surface area (TPSA) is 73.7 Å². The van der Waals surface area contributed by atoms with E-state index >= 15 is 0 Å². The Hall–Kier alpha value is -1.89. The van der Waals surface area contributed by atoms with Gasteiger partial charge in [0.15, 0.2) is 0 Å². The van der Waals surface area contributed by atoms with Gasteiger partial charge in [-0.05, 0) is 97.7 Å². The number of unbranched alkanes of at least 4 members (excludes halogenated alkanes) is 17. The maximum atomic E-state index is 12.8. The molecule has 0 saturated heterocycles. The van der Waals surface area contributed by atoms with Crippen molar-refractivity contribution in [1.29, 1.82) is 0 Å². The van der Waals surface area contributed by atoms with Crippen LogP contribution < -0.4 is 0 Å². The van der Waals surface area contributed by atoms with E-state index in [9.17, 15) is 9.59 Å². The van der Waals surface area contributed by atoms with Crippen molar-refractivity contribution in [1.82, 2.24) is 14.5 Å². The molecule has 53 heavy (non-hydrogen) atoms. The number of esters is 2. The third-order valence-electron chi connectivity index (χ3n) is 10.9. The molecule has 1 aromatic heterocycles. The van der Waals surface area contributed by atoms with Crippen molar-refractivity contribution in [2.75, 3.05) is 26.2 Å². The molecule has 0 aliphatic carbocycles. The molecule has 0 spiro atoms. The molecule has 7 nitrogen and oxygen atoms in total. The van der Waals surface area contributed by atoms with Crippen molar-refractivity contribution in [3.63, 3.8) is 0 Å². The Balaban J connectivity index is 2.36. The molecule has 1 aromatic rings. The summed E-state index contributed by atoms with van der Waals surface area (Å²) in [7, 11) is 0. The van der Waals surface area contributed by atoms with Gasteiger partial charge in [0.25, 0.3) is 0 Å². The third kappa shape index (κ3) is 29.1. The number of nitrogens with zero attached hydrogens (tertiary/aromatic N) is 3. The summed E-state index contributed by atoms with van der Waals surface area (Å²) in [6.07, 6.45) is 34.7. The van der Waals surface area contributed by atoms with Crippen LogP contribution in [0.4, 0.5) is 0 Å². The van der Waals surface area contributed by atoms with Gasteiger partial charge in [-0.15, -0.1) is 0 Å². The lowest BCUT2D eigenvalue weighted by molar-refractivity contribution is -0.148. The Morgan fingerprint density at radius 2 is 1.17 bits per heavy atom. The van der Waals surface area contributed by atoms with Gasteiger partial charge in [0.05, 0.1) is 18.4 Å². The van der Waals surface area contributed by atoms with Crippen molar-refractivity contribution < 1.29 is 19.1 Å². The van der Waals surface area contributed by atoms with Crippen LogP contribution in [-0.4, -0.2) is 58.7 Å². The highest BCUT2D eigenvalue weighted by molar-refractivity contribution is 5.69. The quantitative estimate of drug-likeness (QED) is 0.0496. The van der Waals surface area contributed by atoms with E-state index in [-0.39, 0.29) is 18.0 Å². The minimum absolute atomic E-state index is 0.0305. The highest BCUT2D eigenvalue weighted by atomic mass is 16.5. The molecule has 0 aromatic carbocycles. The Morgan fingerprint density at radius 1 is 0.642 bits per heavy atom. The second kappa shape index (κ2) is 34.6. The maximum absolute atomic E-state index is 12.8. The first-order chi connectivity index (χ1) is 25.8. The number of aryl methyl sites for hydroxylation is 3. The van der Waals surface area contributed by atoms with Crippen molar-refractivity contribution in [3.05, 3.63) is 17.7 Å². The van der Waals surface area contributed by atoms with Crippen LogP contribution in [0.3, 0.4) is 0 Å². The van der Waals surface area contributed by atoms with Crippen molar-refractivity contribution in [3.8, 4) is 0 Å². The summed E-state index contributed by atoms with van der Waals surface area (Å²) in [5.41, 5.74) is 1.09. The second-order valence-corrected chi connectivity index (χ2v) is 16.2. The number of imidazole rings is 1. The van der Waals surface area contributed by atoms with E-state index in [1.807, 2.05) is 6.92 Å².